The zero-order valence-corrected chi connectivity index (χ0v) is 14.4. The number of aryl methyl sites for hydroxylation is 1. The van der Waals surface area contributed by atoms with Crippen molar-refractivity contribution in [3.63, 3.8) is 0 Å². The van der Waals surface area contributed by atoms with Crippen LogP contribution in [0.2, 0.25) is 0 Å². The van der Waals surface area contributed by atoms with Crippen LogP contribution in [0.15, 0.2) is 33.4 Å². The number of hydrogen-bond donors (Lipinski definition) is 1. The van der Waals surface area contributed by atoms with Crippen molar-refractivity contribution in [3.05, 3.63) is 18.5 Å². The van der Waals surface area contributed by atoms with Gasteiger partial charge in [-0.1, -0.05) is 12.8 Å². The molecule has 1 atom stereocenters. The van der Waals surface area contributed by atoms with Crippen molar-refractivity contribution in [1.29, 1.82) is 0 Å². The van der Waals surface area contributed by atoms with E-state index in [1.54, 1.807) is 12.4 Å². The van der Waals surface area contributed by atoms with Crippen LogP contribution in [0.4, 0.5) is 4.79 Å². The molecule has 1 N–H and O–H groups in total. The average molecular weight is 355 g/mol. The van der Waals surface area contributed by atoms with Crippen molar-refractivity contribution in [1.82, 2.24) is 20.0 Å². The monoisotopic (exact) mass is 355 g/mol. The smallest absolute Gasteiger partial charge is 0.294 e. The third kappa shape index (κ3) is 3.29. The lowest BCUT2D eigenvalue weighted by Crippen LogP contribution is -2.61. The minimum Gasteiger partial charge on any atom is -0.294 e. The summed E-state index contributed by atoms with van der Waals surface area (Å²) in [5.41, 5.74) is 0. The number of nitrogens with zero attached hydrogens (tertiary/aromatic N) is 6. The van der Waals surface area contributed by atoms with Crippen LogP contribution in [0.25, 0.3) is 0 Å². The van der Waals surface area contributed by atoms with Crippen molar-refractivity contribution < 1.29 is 9.59 Å². The molecule has 1 saturated carbocycles. The zero-order chi connectivity index (χ0) is 17.9. The molecule has 2 fully saturated rings. The molecule has 9 nitrogen and oxygen atoms in total. The quantitative estimate of drug-likeness (QED) is 0.803. The Morgan fingerprint density at radius 2 is 2.12 bits per heavy atom. The molecular formula is C17H21N7O2. The molecule has 26 heavy (non-hydrogen) atoms. The lowest BCUT2D eigenvalue weighted by atomic mass is 10.0. The number of guanidine groups is 1. The number of fused-ring (bicyclic) bond motifs is 1. The molecule has 136 valence electrons. The number of amidine groups is 1. The maximum atomic E-state index is 12.7. The number of carbonyl (C=O) groups is 2. The summed E-state index contributed by atoms with van der Waals surface area (Å²) in [6.07, 6.45) is 9.83. The van der Waals surface area contributed by atoms with Gasteiger partial charge in [0.15, 0.2) is 0 Å². The Morgan fingerprint density at radius 3 is 2.88 bits per heavy atom. The summed E-state index contributed by atoms with van der Waals surface area (Å²) in [4.78, 5) is 39.2. The first-order valence-corrected chi connectivity index (χ1v) is 9.01. The van der Waals surface area contributed by atoms with Gasteiger partial charge in [-0.15, -0.1) is 0 Å². The van der Waals surface area contributed by atoms with E-state index in [0.717, 1.165) is 38.6 Å². The van der Waals surface area contributed by atoms with E-state index in [0.29, 0.717) is 18.3 Å². The largest absolute Gasteiger partial charge is 0.329 e. The Morgan fingerprint density at radius 1 is 1.27 bits per heavy atom. The number of aliphatic imine (C=N–C) groups is 3. The van der Waals surface area contributed by atoms with Crippen LogP contribution in [-0.4, -0.2) is 57.2 Å². The van der Waals surface area contributed by atoms with Crippen molar-refractivity contribution in [2.75, 3.05) is 6.54 Å². The van der Waals surface area contributed by atoms with Crippen LogP contribution >= 0.6 is 0 Å². The molecule has 1 aromatic heterocycles. The molecule has 3 heterocycles. The first-order valence-electron chi connectivity index (χ1n) is 9.01. The second kappa shape index (κ2) is 7.19. The Hall–Kier alpha value is -2.84. The SMILES string of the molecule is O=C1NC2=NC(=NCCCn3cccn3)N=CC2C(=O)N1C1CCCC1. The number of urea groups is 1. The van der Waals surface area contributed by atoms with Crippen molar-refractivity contribution in [2.24, 2.45) is 20.9 Å². The zero-order valence-electron chi connectivity index (χ0n) is 14.4. The van der Waals surface area contributed by atoms with Crippen molar-refractivity contribution in [2.45, 2.75) is 44.7 Å². The van der Waals surface area contributed by atoms with Crippen molar-refractivity contribution >= 4 is 29.9 Å². The van der Waals surface area contributed by atoms with Crippen LogP contribution in [0, 0.1) is 5.92 Å². The molecule has 3 amide bonds. The highest BCUT2D eigenvalue weighted by molar-refractivity contribution is 6.29. The van der Waals surface area contributed by atoms with E-state index in [1.807, 2.05) is 16.9 Å². The normalized spacial score (nSPS) is 24.8. The third-order valence-electron chi connectivity index (χ3n) is 4.86. The second-order valence-corrected chi connectivity index (χ2v) is 6.63. The fraction of sp³-hybridized carbons (Fsp3) is 0.529. The Kier molecular flexibility index (Phi) is 4.59. The highest BCUT2D eigenvalue weighted by atomic mass is 16.2. The topological polar surface area (TPSA) is 104 Å². The van der Waals surface area contributed by atoms with Gasteiger partial charge in [0.2, 0.25) is 11.9 Å². The maximum Gasteiger partial charge on any atom is 0.329 e. The van der Waals surface area contributed by atoms with Gasteiger partial charge in [-0.25, -0.2) is 14.8 Å². The number of hydrogen-bond acceptors (Lipinski definition) is 4. The highest BCUT2D eigenvalue weighted by Crippen LogP contribution is 2.27. The van der Waals surface area contributed by atoms with Crippen LogP contribution in [0.5, 0.6) is 0 Å². The minimum atomic E-state index is -0.615. The van der Waals surface area contributed by atoms with Gasteiger partial charge in [-0.3, -0.25) is 19.7 Å². The summed E-state index contributed by atoms with van der Waals surface area (Å²) in [5.74, 6) is -0.230. The first kappa shape index (κ1) is 16.6. The van der Waals surface area contributed by atoms with Gasteiger partial charge in [0, 0.05) is 37.7 Å². The van der Waals surface area contributed by atoms with Gasteiger partial charge in [0.05, 0.1) is 0 Å². The second-order valence-electron chi connectivity index (χ2n) is 6.63. The van der Waals surface area contributed by atoms with E-state index < -0.39 is 5.92 Å². The summed E-state index contributed by atoms with van der Waals surface area (Å²) in [6.45, 7) is 1.31. The van der Waals surface area contributed by atoms with E-state index in [9.17, 15) is 9.59 Å². The summed E-state index contributed by atoms with van der Waals surface area (Å²) in [7, 11) is 0. The molecule has 0 bridgehead atoms. The summed E-state index contributed by atoms with van der Waals surface area (Å²) in [5, 5.41) is 6.88. The van der Waals surface area contributed by atoms with Gasteiger partial charge in [0.1, 0.15) is 11.8 Å². The summed E-state index contributed by atoms with van der Waals surface area (Å²) in [6, 6.07) is 1.49. The lowest BCUT2D eigenvalue weighted by Gasteiger charge is -2.35. The number of aromatic nitrogens is 2. The molecule has 9 heteroatoms. The van der Waals surface area contributed by atoms with Gasteiger partial charge in [-0.05, 0) is 25.3 Å². The van der Waals surface area contributed by atoms with E-state index in [-0.39, 0.29) is 18.0 Å². The minimum absolute atomic E-state index is 0.00481. The molecule has 1 aromatic rings. The van der Waals surface area contributed by atoms with Crippen LogP contribution in [0.1, 0.15) is 32.1 Å². The third-order valence-corrected chi connectivity index (χ3v) is 4.86. The molecule has 4 rings (SSSR count). The maximum absolute atomic E-state index is 12.7. The van der Waals surface area contributed by atoms with E-state index in [2.05, 4.69) is 25.4 Å². The fourth-order valence-electron chi connectivity index (χ4n) is 3.55. The Labute approximate surface area is 150 Å². The van der Waals surface area contributed by atoms with Gasteiger partial charge in [-0.2, -0.15) is 10.1 Å². The van der Waals surface area contributed by atoms with Crippen molar-refractivity contribution in [3.8, 4) is 0 Å². The molecule has 1 unspecified atom stereocenters. The average Bonchev–Trinajstić information content (AvgIpc) is 3.32. The van der Waals surface area contributed by atoms with Gasteiger partial charge in [0.25, 0.3) is 0 Å². The van der Waals surface area contributed by atoms with E-state index >= 15 is 0 Å². The molecule has 0 radical (unpaired) electrons. The first-order chi connectivity index (χ1) is 12.7. The number of imide groups is 1. The molecule has 0 aromatic carbocycles. The lowest BCUT2D eigenvalue weighted by molar-refractivity contribution is -0.130. The van der Waals surface area contributed by atoms with Gasteiger partial charge < -0.3 is 0 Å². The van der Waals surface area contributed by atoms with E-state index in [4.69, 9.17) is 0 Å². The number of rotatable bonds is 5. The Balaban J connectivity index is 1.39. The molecule has 2 aliphatic heterocycles. The Bertz CT molecular complexity index is 775. The molecular weight excluding hydrogens is 334 g/mol. The molecule has 3 aliphatic rings. The number of nitrogens with one attached hydrogen (secondary N) is 1. The predicted octanol–water partition coefficient (Wildman–Crippen LogP) is 1.22. The van der Waals surface area contributed by atoms with Gasteiger partial charge >= 0.3 is 6.03 Å². The highest BCUT2D eigenvalue weighted by Gasteiger charge is 2.43. The summed E-state index contributed by atoms with van der Waals surface area (Å²) < 4.78 is 1.84. The van der Waals surface area contributed by atoms with Crippen LogP contribution in [-0.2, 0) is 11.3 Å². The number of carbonyl (C=O) groups excluding carboxylic acids is 2. The predicted molar refractivity (Wildman–Crippen MR) is 96.2 cm³/mol. The molecule has 1 aliphatic carbocycles. The summed E-state index contributed by atoms with van der Waals surface area (Å²) >= 11 is 0. The standard InChI is InChI=1S/C17H21N7O2/c25-15-13-11-19-16(18-7-3-9-23-10-4-8-20-23)21-14(13)22-17(26)24(15)12-5-1-2-6-12/h4,8,10-13H,1-3,5-7,9H2,(H,18,21,22,26). The fourth-order valence-corrected chi connectivity index (χ4v) is 3.55. The van der Waals surface area contributed by atoms with Crippen LogP contribution < -0.4 is 5.32 Å². The van der Waals surface area contributed by atoms with E-state index in [1.165, 1.54) is 4.90 Å². The number of amides is 3. The van der Waals surface area contributed by atoms with Crippen LogP contribution in [0.3, 0.4) is 0 Å². The molecule has 0 spiro atoms. The molecule has 1 saturated heterocycles.